The van der Waals surface area contributed by atoms with Crippen molar-refractivity contribution in [3.63, 3.8) is 0 Å². The topological polar surface area (TPSA) is 9.23 Å². The van der Waals surface area contributed by atoms with Crippen LogP contribution in [0, 0.1) is 6.58 Å². The van der Waals surface area contributed by atoms with Crippen LogP contribution in [-0.2, 0) is 4.74 Å². The van der Waals surface area contributed by atoms with Crippen LogP contribution in [0.25, 0.3) is 0 Å². The molecule has 0 saturated carbocycles. The van der Waals surface area contributed by atoms with E-state index in [0.717, 1.165) is 0 Å². The van der Waals surface area contributed by atoms with Gasteiger partial charge in [-0.1, -0.05) is 0 Å². The molecule has 2 heteroatoms. The van der Waals surface area contributed by atoms with Gasteiger partial charge in [-0.2, -0.15) is 0 Å². The maximum absolute atomic E-state index is 4.79. The summed E-state index contributed by atoms with van der Waals surface area (Å²) in [5.74, 6) is 0. The first-order chi connectivity index (χ1) is 2.41. The summed E-state index contributed by atoms with van der Waals surface area (Å²) in [6, 6.07) is 0. The van der Waals surface area contributed by atoms with Crippen molar-refractivity contribution in [3.05, 3.63) is 12.8 Å². The van der Waals surface area contributed by atoms with Crippen LogP contribution in [-0.4, -0.2) is 6.61 Å². The summed E-state index contributed by atoms with van der Waals surface area (Å²) in [5.41, 5.74) is 0. The Kier molecular flexibility index (Phi) is 14.1. The summed E-state index contributed by atoms with van der Waals surface area (Å²) >= 11 is 0. The molecular formula is C4H7LiO. The molecule has 0 aliphatic heterocycles. The van der Waals surface area contributed by atoms with Crippen molar-refractivity contribution in [2.45, 2.75) is 6.92 Å². The molecule has 0 spiro atoms. The SMILES string of the molecule is [CH-]=COCC.[Li+]. The second kappa shape index (κ2) is 8.93. The standard InChI is InChI=1S/C4H7O.Li/c1-3-5-4-2;/h1,3H,4H2,2H3;/q-1;+1. The molecular weight excluding hydrogens is 71.0 g/mol. The zero-order chi connectivity index (χ0) is 4.12. The Labute approximate surface area is 50.6 Å². The van der Waals surface area contributed by atoms with E-state index in [9.17, 15) is 0 Å². The summed E-state index contributed by atoms with van der Waals surface area (Å²) in [7, 11) is 0. The van der Waals surface area contributed by atoms with Gasteiger partial charge in [-0.15, -0.1) is 6.26 Å². The van der Waals surface area contributed by atoms with Crippen LogP contribution < -0.4 is 18.9 Å². The molecule has 0 bridgehead atoms. The molecule has 0 fully saturated rings. The van der Waals surface area contributed by atoms with Gasteiger partial charge in [0.05, 0.1) is 6.61 Å². The fourth-order valence-electron chi connectivity index (χ4n) is 0.0962. The second-order valence-corrected chi connectivity index (χ2v) is 0.591. The first kappa shape index (κ1) is 9.46. The van der Waals surface area contributed by atoms with Gasteiger partial charge in [-0.25, -0.2) is 0 Å². The molecule has 0 saturated heterocycles. The first-order valence-corrected chi connectivity index (χ1v) is 1.56. The second-order valence-electron chi connectivity index (χ2n) is 0.591. The average molecular weight is 78.0 g/mol. The zero-order valence-electron chi connectivity index (χ0n) is 4.27. The molecule has 0 aromatic carbocycles. The van der Waals surface area contributed by atoms with Gasteiger partial charge < -0.3 is 11.3 Å². The van der Waals surface area contributed by atoms with Crippen molar-refractivity contribution in [2.75, 3.05) is 6.61 Å². The van der Waals surface area contributed by atoms with E-state index < -0.39 is 0 Å². The van der Waals surface area contributed by atoms with E-state index in [0.29, 0.717) is 6.61 Å². The summed E-state index contributed by atoms with van der Waals surface area (Å²) < 4.78 is 4.49. The van der Waals surface area contributed by atoms with Gasteiger partial charge in [0.25, 0.3) is 0 Å². The largest absolute Gasteiger partial charge is 1.00 e. The summed E-state index contributed by atoms with van der Waals surface area (Å²) in [6.45, 7) is 7.33. The summed E-state index contributed by atoms with van der Waals surface area (Å²) in [4.78, 5) is 0. The number of ether oxygens (including phenoxy) is 1. The van der Waals surface area contributed by atoms with Crippen molar-refractivity contribution in [1.82, 2.24) is 0 Å². The van der Waals surface area contributed by atoms with E-state index in [4.69, 9.17) is 6.58 Å². The maximum Gasteiger partial charge on any atom is 1.00 e. The predicted octanol–water partition coefficient (Wildman–Crippen LogP) is -2.03. The Morgan fingerprint density at radius 3 is 2.33 bits per heavy atom. The molecule has 30 valence electrons. The van der Waals surface area contributed by atoms with E-state index in [1.807, 2.05) is 6.92 Å². The number of hydrogen-bond donors (Lipinski definition) is 0. The Hall–Kier alpha value is 0.137. The number of hydrogen-bond acceptors (Lipinski definition) is 1. The third-order valence-electron chi connectivity index (χ3n) is 0.263. The molecule has 6 heavy (non-hydrogen) atoms. The smallest absolute Gasteiger partial charge is 0.538 e. The average Bonchev–Trinajstić information content (AvgIpc) is 1.41. The van der Waals surface area contributed by atoms with Gasteiger partial charge in [0.2, 0.25) is 0 Å². The van der Waals surface area contributed by atoms with Crippen LogP contribution in [0.1, 0.15) is 6.92 Å². The van der Waals surface area contributed by atoms with E-state index in [1.54, 1.807) is 0 Å². The fraction of sp³-hybridized carbons (Fsp3) is 0.500. The van der Waals surface area contributed by atoms with Crippen LogP contribution in [0.15, 0.2) is 6.26 Å². The predicted molar refractivity (Wildman–Crippen MR) is 20.5 cm³/mol. The van der Waals surface area contributed by atoms with Crippen LogP contribution >= 0.6 is 0 Å². The molecule has 0 atom stereocenters. The van der Waals surface area contributed by atoms with Gasteiger partial charge in [-0.05, 0) is 6.92 Å². The van der Waals surface area contributed by atoms with E-state index in [-0.39, 0.29) is 18.9 Å². The zero-order valence-corrected chi connectivity index (χ0v) is 4.27. The Morgan fingerprint density at radius 1 is 1.83 bits per heavy atom. The minimum Gasteiger partial charge on any atom is -0.538 e. The van der Waals surface area contributed by atoms with Crippen molar-refractivity contribution in [1.29, 1.82) is 0 Å². The molecule has 0 aliphatic carbocycles. The van der Waals surface area contributed by atoms with Gasteiger partial charge in [0.15, 0.2) is 0 Å². The minimum absolute atomic E-state index is 0. The monoisotopic (exact) mass is 78.1 g/mol. The van der Waals surface area contributed by atoms with E-state index in [1.165, 1.54) is 6.26 Å². The molecule has 0 aliphatic rings. The Bertz CT molecular complexity index is 28.7. The molecule has 0 rings (SSSR count). The van der Waals surface area contributed by atoms with Crippen LogP contribution in [0.4, 0.5) is 0 Å². The Balaban J connectivity index is 0. The maximum atomic E-state index is 4.79. The van der Waals surface area contributed by atoms with Crippen molar-refractivity contribution >= 4 is 0 Å². The number of rotatable bonds is 2. The van der Waals surface area contributed by atoms with Gasteiger partial charge in [-0.3, -0.25) is 0 Å². The van der Waals surface area contributed by atoms with Crippen molar-refractivity contribution in [2.24, 2.45) is 0 Å². The van der Waals surface area contributed by atoms with Crippen LogP contribution in [0.2, 0.25) is 0 Å². The quantitative estimate of drug-likeness (QED) is 0.210. The Morgan fingerprint density at radius 2 is 2.33 bits per heavy atom. The van der Waals surface area contributed by atoms with E-state index in [2.05, 4.69) is 4.74 Å². The summed E-state index contributed by atoms with van der Waals surface area (Å²) in [6.07, 6.45) is 1.18. The van der Waals surface area contributed by atoms with Crippen molar-refractivity contribution < 1.29 is 23.6 Å². The van der Waals surface area contributed by atoms with Gasteiger partial charge >= 0.3 is 18.9 Å². The van der Waals surface area contributed by atoms with Gasteiger partial charge in [0, 0.05) is 0 Å². The molecule has 0 aromatic heterocycles. The molecule has 0 radical (unpaired) electrons. The molecule has 0 aromatic rings. The fourth-order valence-corrected chi connectivity index (χ4v) is 0.0962. The van der Waals surface area contributed by atoms with Crippen LogP contribution in [0.5, 0.6) is 0 Å². The van der Waals surface area contributed by atoms with E-state index >= 15 is 0 Å². The molecule has 1 nitrogen and oxygen atoms in total. The first-order valence-electron chi connectivity index (χ1n) is 1.56. The molecule has 0 unspecified atom stereocenters. The van der Waals surface area contributed by atoms with Gasteiger partial charge in [0.1, 0.15) is 0 Å². The summed E-state index contributed by atoms with van der Waals surface area (Å²) in [5, 5.41) is 0. The van der Waals surface area contributed by atoms with Crippen molar-refractivity contribution in [3.8, 4) is 0 Å². The van der Waals surface area contributed by atoms with Crippen LogP contribution in [0.3, 0.4) is 0 Å². The molecule has 0 amide bonds. The molecule has 0 heterocycles. The normalized spacial score (nSPS) is 5.50. The third-order valence-corrected chi connectivity index (χ3v) is 0.263. The minimum atomic E-state index is 0. The molecule has 0 N–H and O–H groups in total. The third kappa shape index (κ3) is 8.91.